The first kappa shape index (κ1) is 18.2. The van der Waals surface area contributed by atoms with Crippen LogP contribution in [0.1, 0.15) is 11.3 Å². The van der Waals surface area contributed by atoms with Crippen LogP contribution in [0.25, 0.3) is 0 Å². The van der Waals surface area contributed by atoms with Gasteiger partial charge in [-0.25, -0.2) is 0 Å². The smallest absolute Gasteiger partial charge is 0.434 e. The van der Waals surface area contributed by atoms with Crippen LogP contribution in [-0.4, -0.2) is 16.8 Å². The second kappa shape index (κ2) is 6.08. The Labute approximate surface area is 137 Å². The standard InChI is InChI=1S/C13H10ClF6N3O/c1-21-8-5-6(3-4-7(8)12(15,16)17)24-11-9(14)10(13(18,19)20)23(2)22-11/h3-5,21H,1-2H3. The molecule has 2 rings (SSSR count). The molecular formula is C13H10ClF6N3O. The van der Waals surface area contributed by atoms with Gasteiger partial charge in [0.15, 0.2) is 5.69 Å². The zero-order valence-electron chi connectivity index (χ0n) is 12.2. The molecule has 0 aliphatic carbocycles. The van der Waals surface area contributed by atoms with Crippen molar-refractivity contribution in [3.8, 4) is 11.6 Å². The highest BCUT2D eigenvalue weighted by Crippen LogP contribution is 2.41. The van der Waals surface area contributed by atoms with Gasteiger partial charge in [0.05, 0.1) is 5.56 Å². The summed E-state index contributed by atoms with van der Waals surface area (Å²) in [7, 11) is 2.29. The Morgan fingerprint density at radius 2 is 1.75 bits per heavy atom. The van der Waals surface area contributed by atoms with Crippen molar-refractivity contribution in [3.05, 3.63) is 34.5 Å². The molecule has 2 aromatic rings. The third-order valence-electron chi connectivity index (χ3n) is 3.01. The zero-order chi connectivity index (χ0) is 18.3. The van der Waals surface area contributed by atoms with Crippen LogP contribution >= 0.6 is 11.6 Å². The minimum Gasteiger partial charge on any atom is -0.436 e. The molecule has 0 radical (unpaired) electrons. The van der Waals surface area contributed by atoms with Gasteiger partial charge in [-0.05, 0) is 12.1 Å². The lowest BCUT2D eigenvalue weighted by Crippen LogP contribution is -2.12. The lowest BCUT2D eigenvalue weighted by molar-refractivity contribution is -0.143. The Morgan fingerprint density at radius 3 is 2.21 bits per heavy atom. The van der Waals surface area contributed by atoms with Gasteiger partial charge in [-0.15, -0.1) is 5.10 Å². The van der Waals surface area contributed by atoms with Crippen LogP contribution in [0.15, 0.2) is 18.2 Å². The van der Waals surface area contributed by atoms with E-state index in [0.29, 0.717) is 4.68 Å². The highest BCUT2D eigenvalue weighted by Gasteiger charge is 2.39. The van der Waals surface area contributed by atoms with Crippen molar-refractivity contribution >= 4 is 17.3 Å². The van der Waals surface area contributed by atoms with Crippen LogP contribution in [0.5, 0.6) is 11.6 Å². The molecule has 0 aliphatic heterocycles. The van der Waals surface area contributed by atoms with Gasteiger partial charge >= 0.3 is 12.4 Å². The number of anilines is 1. The average Bonchev–Trinajstić information content (AvgIpc) is 2.71. The van der Waals surface area contributed by atoms with Crippen molar-refractivity contribution in [3.63, 3.8) is 0 Å². The maximum absolute atomic E-state index is 12.8. The third-order valence-corrected chi connectivity index (χ3v) is 3.35. The SMILES string of the molecule is CNc1cc(Oc2nn(C)c(C(F)(F)F)c2Cl)ccc1C(F)(F)F. The fourth-order valence-electron chi connectivity index (χ4n) is 2.00. The van der Waals surface area contributed by atoms with E-state index >= 15 is 0 Å². The van der Waals surface area contributed by atoms with Crippen LogP contribution in [0.2, 0.25) is 5.02 Å². The van der Waals surface area contributed by atoms with E-state index in [1.165, 1.54) is 7.05 Å². The normalized spacial score (nSPS) is 12.4. The molecule has 0 fully saturated rings. The molecule has 0 aliphatic rings. The maximum Gasteiger partial charge on any atom is 0.434 e. The first-order chi connectivity index (χ1) is 10.9. The minimum absolute atomic E-state index is 0.152. The summed E-state index contributed by atoms with van der Waals surface area (Å²) in [5.41, 5.74) is -2.47. The minimum atomic E-state index is -4.75. The Morgan fingerprint density at radius 1 is 1.12 bits per heavy atom. The van der Waals surface area contributed by atoms with Crippen LogP contribution in [0.3, 0.4) is 0 Å². The Hall–Kier alpha value is -2.10. The van der Waals surface area contributed by atoms with E-state index in [4.69, 9.17) is 16.3 Å². The van der Waals surface area contributed by atoms with E-state index in [-0.39, 0.29) is 11.4 Å². The molecule has 0 unspecified atom stereocenters. The van der Waals surface area contributed by atoms with Gasteiger partial charge in [-0.1, -0.05) is 11.6 Å². The number of aromatic nitrogens is 2. The van der Waals surface area contributed by atoms with Crippen molar-refractivity contribution < 1.29 is 31.1 Å². The number of alkyl halides is 6. The third kappa shape index (κ3) is 3.53. The van der Waals surface area contributed by atoms with Gasteiger partial charge in [-0.2, -0.15) is 26.3 Å². The van der Waals surface area contributed by atoms with Crippen LogP contribution in [0.4, 0.5) is 32.0 Å². The topological polar surface area (TPSA) is 39.1 Å². The fourth-order valence-corrected chi connectivity index (χ4v) is 2.30. The molecule has 0 amide bonds. The van der Waals surface area contributed by atoms with Gasteiger partial charge in [0.25, 0.3) is 5.88 Å². The highest BCUT2D eigenvalue weighted by molar-refractivity contribution is 6.32. The van der Waals surface area contributed by atoms with Crippen LogP contribution < -0.4 is 10.1 Å². The molecule has 0 saturated carbocycles. The monoisotopic (exact) mass is 373 g/mol. The molecule has 1 N–H and O–H groups in total. The van der Waals surface area contributed by atoms with E-state index in [9.17, 15) is 26.3 Å². The number of rotatable bonds is 3. The zero-order valence-corrected chi connectivity index (χ0v) is 12.9. The van der Waals surface area contributed by atoms with Crippen molar-refractivity contribution in [2.45, 2.75) is 12.4 Å². The van der Waals surface area contributed by atoms with Crippen molar-refractivity contribution in [2.24, 2.45) is 7.05 Å². The van der Waals surface area contributed by atoms with E-state index in [2.05, 4.69) is 10.4 Å². The summed E-state index contributed by atoms with van der Waals surface area (Å²) in [6.07, 6.45) is -9.35. The van der Waals surface area contributed by atoms with Gasteiger partial charge in [0, 0.05) is 25.8 Å². The molecule has 0 spiro atoms. The summed E-state index contributed by atoms with van der Waals surface area (Å²) in [6.45, 7) is 0. The number of hydrogen-bond acceptors (Lipinski definition) is 3. The molecule has 4 nitrogen and oxygen atoms in total. The summed E-state index contributed by atoms with van der Waals surface area (Å²) in [4.78, 5) is 0. The average molecular weight is 374 g/mol. The van der Waals surface area contributed by atoms with E-state index in [1.807, 2.05) is 0 Å². The number of ether oxygens (including phenoxy) is 1. The van der Waals surface area contributed by atoms with Gasteiger partial charge in [0.1, 0.15) is 10.8 Å². The lowest BCUT2D eigenvalue weighted by Gasteiger charge is -2.13. The summed E-state index contributed by atoms with van der Waals surface area (Å²) >= 11 is 5.62. The van der Waals surface area contributed by atoms with Crippen LogP contribution in [0, 0.1) is 0 Å². The van der Waals surface area contributed by atoms with Crippen molar-refractivity contribution in [1.82, 2.24) is 9.78 Å². The second-order valence-electron chi connectivity index (χ2n) is 4.65. The predicted octanol–water partition coefficient (Wildman–Crippen LogP) is 4.95. The predicted molar refractivity (Wildman–Crippen MR) is 74.3 cm³/mol. The number of benzene rings is 1. The van der Waals surface area contributed by atoms with Crippen molar-refractivity contribution in [1.29, 1.82) is 0 Å². The number of hydrogen-bond donors (Lipinski definition) is 1. The van der Waals surface area contributed by atoms with Crippen molar-refractivity contribution in [2.75, 3.05) is 12.4 Å². The largest absolute Gasteiger partial charge is 0.436 e. The van der Waals surface area contributed by atoms with Gasteiger partial charge in [0.2, 0.25) is 0 Å². The first-order valence-corrected chi connectivity index (χ1v) is 6.69. The Bertz CT molecular complexity index is 753. The Balaban J connectivity index is 2.40. The van der Waals surface area contributed by atoms with Gasteiger partial charge < -0.3 is 10.1 Å². The van der Waals surface area contributed by atoms with E-state index in [1.54, 1.807) is 0 Å². The number of aryl methyl sites for hydroxylation is 1. The number of nitrogens with zero attached hydrogens (tertiary/aromatic N) is 2. The second-order valence-corrected chi connectivity index (χ2v) is 5.02. The maximum atomic E-state index is 12.8. The fraction of sp³-hybridized carbons (Fsp3) is 0.308. The summed E-state index contributed by atoms with van der Waals surface area (Å²) in [5, 5.41) is 5.06. The molecule has 24 heavy (non-hydrogen) atoms. The molecule has 0 saturated heterocycles. The molecule has 1 heterocycles. The summed E-state index contributed by atoms with van der Waals surface area (Å²) in [6, 6.07) is 2.69. The molecular weight excluding hydrogens is 364 g/mol. The first-order valence-electron chi connectivity index (χ1n) is 6.31. The van der Waals surface area contributed by atoms with E-state index < -0.39 is 34.5 Å². The lowest BCUT2D eigenvalue weighted by atomic mass is 10.1. The molecule has 1 aromatic heterocycles. The molecule has 1 aromatic carbocycles. The quantitative estimate of drug-likeness (QED) is 0.774. The molecule has 11 heteroatoms. The van der Waals surface area contributed by atoms with Crippen LogP contribution in [-0.2, 0) is 19.4 Å². The summed E-state index contributed by atoms with van der Waals surface area (Å²) in [5.74, 6) is -0.714. The molecule has 0 atom stereocenters. The number of halogens is 7. The summed E-state index contributed by atoms with van der Waals surface area (Å²) < 4.78 is 82.5. The molecule has 0 bridgehead atoms. The highest BCUT2D eigenvalue weighted by atomic mass is 35.5. The molecule has 132 valence electrons. The van der Waals surface area contributed by atoms with E-state index in [0.717, 1.165) is 25.2 Å². The number of nitrogens with one attached hydrogen (secondary N) is 1. The van der Waals surface area contributed by atoms with Gasteiger partial charge in [-0.3, -0.25) is 4.68 Å². The Kier molecular flexibility index (Phi) is 4.62.